The van der Waals surface area contributed by atoms with Crippen molar-refractivity contribution < 1.29 is 4.92 Å². The van der Waals surface area contributed by atoms with E-state index in [1.54, 1.807) is 0 Å². The van der Waals surface area contributed by atoms with Crippen molar-refractivity contribution in [1.82, 2.24) is 0 Å². The Balaban J connectivity index is 3.39. The molecule has 96 valence electrons. The quantitative estimate of drug-likeness (QED) is 0.382. The summed E-state index contributed by atoms with van der Waals surface area (Å²) in [5, 5.41) is 31.4. The average Bonchev–Trinajstić information content (AvgIpc) is 2.38. The molecule has 0 radical (unpaired) electrons. The Kier molecular flexibility index (Phi) is 5.07. The highest BCUT2D eigenvalue weighted by Crippen LogP contribution is 2.42. The fourth-order valence-electron chi connectivity index (χ4n) is 1.02. The molecule has 19 heavy (non-hydrogen) atoms. The van der Waals surface area contributed by atoms with E-state index in [-0.39, 0.29) is 20.2 Å². The third kappa shape index (κ3) is 3.32. The summed E-state index contributed by atoms with van der Waals surface area (Å²) in [5.41, 5.74) is 1.24. The molecular formula is C9H2BrCl2N5O2. The van der Waals surface area contributed by atoms with Gasteiger partial charge in [-0.1, -0.05) is 23.2 Å². The van der Waals surface area contributed by atoms with Gasteiger partial charge in [0.15, 0.2) is 0 Å². The van der Waals surface area contributed by atoms with Gasteiger partial charge in [-0.3, -0.25) is 15.5 Å². The molecular weight excluding hydrogens is 361 g/mol. The van der Waals surface area contributed by atoms with E-state index in [9.17, 15) is 10.1 Å². The third-order valence-corrected chi connectivity index (χ3v) is 3.64. The fraction of sp³-hybridized carbons (Fsp3) is 0. The predicted octanol–water partition coefficient (Wildman–Crippen LogP) is 3.48. The molecule has 0 amide bonds. The third-order valence-electron chi connectivity index (χ3n) is 1.83. The summed E-state index contributed by atoms with van der Waals surface area (Å²) >= 11 is 14.6. The number of anilines is 1. The number of nitro benzene ring substituents is 1. The number of hydrogen-bond donors (Lipinski definition) is 1. The predicted molar refractivity (Wildman–Crippen MR) is 73.1 cm³/mol. The Labute approximate surface area is 125 Å². The van der Waals surface area contributed by atoms with Crippen molar-refractivity contribution in [2.45, 2.75) is 0 Å². The number of halogens is 3. The first-order chi connectivity index (χ1) is 8.92. The van der Waals surface area contributed by atoms with Crippen LogP contribution in [0.3, 0.4) is 0 Å². The maximum Gasteiger partial charge on any atom is 0.296 e. The van der Waals surface area contributed by atoms with Crippen molar-refractivity contribution in [3.63, 3.8) is 0 Å². The van der Waals surface area contributed by atoms with Gasteiger partial charge in [-0.2, -0.15) is 15.6 Å². The molecule has 0 saturated heterocycles. The van der Waals surface area contributed by atoms with E-state index in [1.807, 2.05) is 0 Å². The van der Waals surface area contributed by atoms with Gasteiger partial charge in [-0.25, -0.2) is 0 Å². The van der Waals surface area contributed by atoms with E-state index in [2.05, 4.69) is 26.5 Å². The van der Waals surface area contributed by atoms with Crippen molar-refractivity contribution in [3.8, 4) is 12.1 Å². The standard InChI is InChI=1S/C9H2BrCl2N5O2/c10-7-8(12)5(11)1-6(17(18)19)9(7)16-15-4(2-13)3-14/h1,16H. The maximum atomic E-state index is 10.9. The molecule has 1 rings (SSSR count). The molecule has 0 aliphatic carbocycles. The number of nitriles is 2. The second-order valence-electron chi connectivity index (χ2n) is 2.93. The van der Waals surface area contributed by atoms with Gasteiger partial charge >= 0.3 is 0 Å². The minimum absolute atomic E-state index is 0.0180. The Morgan fingerprint density at radius 2 is 2.05 bits per heavy atom. The fourth-order valence-corrected chi connectivity index (χ4v) is 1.99. The monoisotopic (exact) mass is 361 g/mol. The molecule has 0 aliphatic rings. The molecule has 7 nitrogen and oxygen atoms in total. The van der Waals surface area contributed by atoms with Crippen LogP contribution in [0.2, 0.25) is 10.0 Å². The average molecular weight is 363 g/mol. The Morgan fingerprint density at radius 1 is 1.47 bits per heavy atom. The van der Waals surface area contributed by atoms with E-state index < -0.39 is 16.3 Å². The van der Waals surface area contributed by atoms with Gasteiger partial charge < -0.3 is 0 Å². The van der Waals surface area contributed by atoms with Crippen LogP contribution < -0.4 is 5.43 Å². The van der Waals surface area contributed by atoms with E-state index >= 15 is 0 Å². The lowest BCUT2D eigenvalue weighted by Crippen LogP contribution is -2.01. The molecule has 0 aromatic heterocycles. The highest BCUT2D eigenvalue weighted by molar-refractivity contribution is 9.10. The topological polar surface area (TPSA) is 115 Å². The van der Waals surface area contributed by atoms with E-state index in [4.69, 9.17) is 33.7 Å². The summed E-state index contributed by atoms with van der Waals surface area (Å²) < 4.78 is 0.104. The highest BCUT2D eigenvalue weighted by Gasteiger charge is 2.22. The summed E-state index contributed by atoms with van der Waals surface area (Å²) in [6.07, 6.45) is 0. The molecule has 0 aliphatic heterocycles. The van der Waals surface area contributed by atoms with Gasteiger partial charge in [0.05, 0.1) is 19.4 Å². The molecule has 0 fully saturated rings. The van der Waals surface area contributed by atoms with Crippen molar-refractivity contribution in [1.29, 1.82) is 10.5 Å². The molecule has 0 unspecified atom stereocenters. The van der Waals surface area contributed by atoms with Gasteiger partial charge in [0, 0.05) is 6.07 Å². The van der Waals surface area contributed by atoms with Gasteiger partial charge in [0.1, 0.15) is 17.8 Å². The van der Waals surface area contributed by atoms with Crippen molar-refractivity contribution in [2.75, 3.05) is 5.43 Å². The summed E-state index contributed by atoms with van der Waals surface area (Å²) in [4.78, 5) is 10.2. The van der Waals surface area contributed by atoms with Crippen LogP contribution in [-0.4, -0.2) is 10.6 Å². The van der Waals surface area contributed by atoms with E-state index in [1.165, 1.54) is 12.1 Å². The summed E-state index contributed by atoms with van der Waals surface area (Å²) in [6.45, 7) is 0. The first-order valence-electron chi connectivity index (χ1n) is 4.38. The number of rotatable bonds is 3. The van der Waals surface area contributed by atoms with Gasteiger partial charge in [-0.15, -0.1) is 0 Å². The Morgan fingerprint density at radius 3 is 2.53 bits per heavy atom. The SMILES string of the molecule is N#CC(C#N)=NNc1c([N+](=O)[O-])cc(Cl)c(Cl)c1Br. The number of nitrogens with one attached hydrogen (secondary N) is 1. The highest BCUT2D eigenvalue weighted by atomic mass is 79.9. The molecule has 10 heteroatoms. The number of nitrogens with zero attached hydrogens (tertiary/aromatic N) is 4. The molecule has 1 aromatic carbocycles. The Bertz CT molecular complexity index is 646. The zero-order valence-corrected chi connectivity index (χ0v) is 11.9. The molecule has 0 heterocycles. The minimum atomic E-state index is -0.705. The maximum absolute atomic E-state index is 10.9. The largest absolute Gasteiger partial charge is 0.296 e. The molecule has 1 aromatic rings. The van der Waals surface area contributed by atoms with E-state index in [0.717, 1.165) is 6.07 Å². The number of benzene rings is 1. The lowest BCUT2D eigenvalue weighted by Gasteiger charge is -2.07. The summed E-state index contributed by atoms with van der Waals surface area (Å²) in [5.74, 6) is 0. The number of hydrogen-bond acceptors (Lipinski definition) is 6. The van der Waals surface area contributed by atoms with Crippen LogP contribution >= 0.6 is 39.1 Å². The zero-order chi connectivity index (χ0) is 14.6. The second kappa shape index (κ2) is 6.34. The van der Waals surface area contributed by atoms with Crippen molar-refractivity contribution in [3.05, 3.63) is 30.7 Å². The Hall–Kier alpha value is -1.87. The smallest absolute Gasteiger partial charge is 0.269 e. The molecule has 0 atom stereocenters. The lowest BCUT2D eigenvalue weighted by molar-refractivity contribution is -0.384. The van der Waals surface area contributed by atoms with Crippen LogP contribution in [0.1, 0.15) is 0 Å². The first kappa shape index (κ1) is 15.2. The molecule has 1 N–H and O–H groups in total. The molecule has 0 spiro atoms. The van der Waals surface area contributed by atoms with Gasteiger partial charge in [0.2, 0.25) is 5.71 Å². The lowest BCUT2D eigenvalue weighted by atomic mass is 10.3. The normalized spacial score (nSPS) is 9.11. The molecule has 0 bridgehead atoms. The van der Waals surface area contributed by atoms with Crippen LogP contribution in [-0.2, 0) is 0 Å². The summed E-state index contributed by atoms with van der Waals surface area (Å²) in [7, 11) is 0. The van der Waals surface area contributed by atoms with Crippen LogP contribution in [0.25, 0.3) is 0 Å². The van der Waals surface area contributed by atoms with Crippen molar-refractivity contribution >= 4 is 56.2 Å². The minimum Gasteiger partial charge on any atom is -0.269 e. The summed E-state index contributed by atoms with van der Waals surface area (Å²) in [6, 6.07) is 4.03. The second-order valence-corrected chi connectivity index (χ2v) is 4.51. The first-order valence-corrected chi connectivity index (χ1v) is 5.93. The van der Waals surface area contributed by atoms with Crippen molar-refractivity contribution in [2.24, 2.45) is 5.10 Å². The van der Waals surface area contributed by atoms with Crippen LogP contribution in [0, 0.1) is 32.8 Å². The van der Waals surface area contributed by atoms with Crippen LogP contribution in [0.5, 0.6) is 0 Å². The van der Waals surface area contributed by atoms with Crippen LogP contribution in [0.15, 0.2) is 15.6 Å². The molecule has 0 saturated carbocycles. The van der Waals surface area contributed by atoms with Crippen LogP contribution in [0.4, 0.5) is 11.4 Å². The number of hydrazone groups is 1. The number of nitro groups is 1. The van der Waals surface area contributed by atoms with Gasteiger partial charge in [-0.05, 0) is 15.9 Å². The van der Waals surface area contributed by atoms with E-state index in [0.29, 0.717) is 0 Å². The zero-order valence-electron chi connectivity index (χ0n) is 8.82. The van der Waals surface area contributed by atoms with Gasteiger partial charge in [0.25, 0.3) is 5.69 Å².